The topological polar surface area (TPSA) is 57.6 Å². The van der Waals surface area contributed by atoms with Crippen molar-refractivity contribution in [1.82, 2.24) is 4.98 Å². The number of benzene rings is 2. The number of rotatable bonds is 8. The van der Waals surface area contributed by atoms with E-state index in [4.69, 9.17) is 19.2 Å². The second-order valence-corrected chi connectivity index (χ2v) is 8.78. The molecule has 2 aromatic carbocycles. The quantitative estimate of drug-likeness (QED) is 0.424. The van der Waals surface area contributed by atoms with Crippen LogP contribution in [0.2, 0.25) is 0 Å². The average Bonchev–Trinajstić information content (AvgIpc) is 3.32. The first-order valence-corrected chi connectivity index (χ1v) is 11.5. The van der Waals surface area contributed by atoms with Gasteiger partial charge in [-0.3, -0.25) is 4.79 Å². The van der Waals surface area contributed by atoms with E-state index in [0.717, 1.165) is 52.6 Å². The molecule has 1 unspecified atom stereocenters. The summed E-state index contributed by atoms with van der Waals surface area (Å²) in [6.07, 6.45) is 2.37. The molecule has 0 fully saturated rings. The zero-order valence-electron chi connectivity index (χ0n) is 18.1. The Hall–Kier alpha value is -2.86. The summed E-state index contributed by atoms with van der Waals surface area (Å²) in [7, 11) is 0. The number of fused-ring (bicyclic) bond motifs is 1. The summed E-state index contributed by atoms with van der Waals surface area (Å²) >= 11 is 1.71. The molecule has 6 heteroatoms. The van der Waals surface area contributed by atoms with Gasteiger partial charge in [-0.05, 0) is 74.2 Å². The normalized spacial score (nSPS) is 14.9. The van der Waals surface area contributed by atoms with Crippen LogP contribution in [0.25, 0.3) is 10.6 Å². The van der Waals surface area contributed by atoms with E-state index in [0.29, 0.717) is 13.2 Å². The monoisotopic (exact) mass is 437 g/mol. The number of esters is 1. The van der Waals surface area contributed by atoms with Crippen LogP contribution in [-0.2, 0) is 22.4 Å². The van der Waals surface area contributed by atoms with Crippen LogP contribution in [0, 0.1) is 6.92 Å². The van der Waals surface area contributed by atoms with Crippen LogP contribution < -0.4 is 9.47 Å². The van der Waals surface area contributed by atoms with Crippen molar-refractivity contribution >= 4 is 17.3 Å². The third kappa shape index (κ3) is 5.07. The van der Waals surface area contributed by atoms with Crippen molar-refractivity contribution in [2.75, 3.05) is 13.2 Å². The summed E-state index contributed by atoms with van der Waals surface area (Å²) < 4.78 is 16.9. The van der Waals surface area contributed by atoms with Crippen molar-refractivity contribution < 1.29 is 19.0 Å². The third-order valence-corrected chi connectivity index (χ3v) is 6.42. The Morgan fingerprint density at radius 1 is 1.13 bits per heavy atom. The van der Waals surface area contributed by atoms with Gasteiger partial charge >= 0.3 is 5.97 Å². The van der Waals surface area contributed by atoms with Gasteiger partial charge in [0.2, 0.25) is 0 Å². The molecular weight excluding hydrogens is 410 g/mol. The molecule has 4 rings (SSSR count). The van der Waals surface area contributed by atoms with Crippen LogP contribution in [0.1, 0.15) is 48.1 Å². The summed E-state index contributed by atoms with van der Waals surface area (Å²) in [5, 5.41) is 1.02. The van der Waals surface area contributed by atoms with Gasteiger partial charge in [0.05, 0.1) is 18.9 Å². The van der Waals surface area contributed by atoms with E-state index in [1.54, 1.807) is 11.3 Å². The van der Waals surface area contributed by atoms with Crippen molar-refractivity contribution in [3.63, 3.8) is 0 Å². The molecule has 162 valence electrons. The molecule has 0 bridgehead atoms. The van der Waals surface area contributed by atoms with Gasteiger partial charge in [-0.15, -0.1) is 11.3 Å². The highest BCUT2D eigenvalue weighted by Crippen LogP contribution is 2.36. The lowest BCUT2D eigenvalue weighted by molar-refractivity contribution is -0.146. The summed E-state index contributed by atoms with van der Waals surface area (Å²) in [6, 6.07) is 14.1. The molecule has 3 aromatic rings. The Bertz CT molecular complexity index is 1060. The minimum absolute atomic E-state index is 0.125. The Labute approximate surface area is 187 Å². The molecule has 0 N–H and O–H groups in total. The van der Waals surface area contributed by atoms with Crippen molar-refractivity contribution in [2.45, 2.75) is 46.1 Å². The van der Waals surface area contributed by atoms with Crippen LogP contribution in [0.4, 0.5) is 0 Å². The van der Waals surface area contributed by atoms with E-state index >= 15 is 0 Å². The van der Waals surface area contributed by atoms with Gasteiger partial charge in [0, 0.05) is 23.8 Å². The molecular formula is C25H27NO4S. The van der Waals surface area contributed by atoms with Gasteiger partial charge in [-0.1, -0.05) is 6.07 Å². The second kappa shape index (κ2) is 9.52. The highest BCUT2D eigenvalue weighted by Gasteiger charge is 2.25. The maximum Gasteiger partial charge on any atom is 0.303 e. The number of aryl methyl sites for hydroxylation is 2. The van der Waals surface area contributed by atoms with Gasteiger partial charge in [0.1, 0.15) is 22.6 Å². The highest BCUT2D eigenvalue weighted by atomic mass is 32.1. The number of carbonyl (C=O) groups excluding carboxylic acids is 1. The minimum Gasteiger partial charge on any atom is -0.494 e. The number of carbonyl (C=O) groups is 1. The molecule has 31 heavy (non-hydrogen) atoms. The minimum atomic E-state index is -0.235. The standard InChI is InChI=1S/C25H27NO4S/c1-4-28-20-8-5-18(6-9-20)25-26-23(16(2)31-25)13-14-29-21-10-11-22-19(15-21)7-12-24(22)30-17(3)27/h5-6,8-11,15,24H,4,7,12-14H2,1-3H3. The molecule has 5 nitrogen and oxygen atoms in total. The van der Waals surface area contributed by atoms with Crippen LogP contribution in [0.15, 0.2) is 42.5 Å². The lowest BCUT2D eigenvalue weighted by Crippen LogP contribution is -2.05. The summed E-state index contributed by atoms with van der Waals surface area (Å²) in [4.78, 5) is 17.3. The smallest absolute Gasteiger partial charge is 0.303 e. The summed E-state index contributed by atoms with van der Waals surface area (Å²) in [6.45, 7) is 6.78. The Morgan fingerprint density at radius 2 is 1.90 bits per heavy atom. The van der Waals surface area contributed by atoms with E-state index in [2.05, 4.69) is 25.1 Å². The molecule has 1 aliphatic carbocycles. The first kappa shape index (κ1) is 21.4. The maximum atomic E-state index is 11.3. The number of hydrogen-bond donors (Lipinski definition) is 0. The second-order valence-electron chi connectivity index (χ2n) is 7.58. The molecule has 1 heterocycles. The molecule has 1 aliphatic rings. The molecule has 1 aromatic heterocycles. The van der Waals surface area contributed by atoms with Gasteiger partial charge < -0.3 is 14.2 Å². The molecule has 1 atom stereocenters. The van der Waals surface area contributed by atoms with Crippen molar-refractivity contribution in [2.24, 2.45) is 0 Å². The van der Waals surface area contributed by atoms with Gasteiger partial charge in [-0.25, -0.2) is 4.98 Å². The van der Waals surface area contributed by atoms with Crippen molar-refractivity contribution in [3.05, 3.63) is 64.2 Å². The lowest BCUT2D eigenvalue weighted by atomic mass is 10.1. The fourth-order valence-corrected chi connectivity index (χ4v) is 4.84. The molecule has 0 amide bonds. The lowest BCUT2D eigenvalue weighted by Gasteiger charge is -2.12. The first-order valence-electron chi connectivity index (χ1n) is 10.7. The van der Waals surface area contributed by atoms with Crippen molar-refractivity contribution in [3.8, 4) is 22.1 Å². The molecule has 0 spiro atoms. The fourth-order valence-electron chi connectivity index (χ4n) is 3.88. The average molecular weight is 438 g/mol. The molecule has 0 aliphatic heterocycles. The Balaban J connectivity index is 1.36. The van der Waals surface area contributed by atoms with Gasteiger partial charge in [0.25, 0.3) is 0 Å². The van der Waals surface area contributed by atoms with Crippen LogP contribution >= 0.6 is 11.3 Å². The van der Waals surface area contributed by atoms with Crippen molar-refractivity contribution in [1.29, 1.82) is 0 Å². The summed E-state index contributed by atoms with van der Waals surface area (Å²) in [5.41, 5.74) is 4.47. The fraction of sp³-hybridized carbons (Fsp3) is 0.360. The van der Waals surface area contributed by atoms with Crippen LogP contribution in [0.5, 0.6) is 11.5 Å². The number of aromatic nitrogens is 1. The Morgan fingerprint density at radius 3 is 2.65 bits per heavy atom. The van der Waals surface area contributed by atoms with E-state index in [-0.39, 0.29) is 12.1 Å². The van der Waals surface area contributed by atoms with E-state index in [9.17, 15) is 4.79 Å². The molecule has 0 saturated heterocycles. The summed E-state index contributed by atoms with van der Waals surface area (Å²) in [5.74, 6) is 1.49. The van der Waals surface area contributed by atoms with E-state index in [1.807, 2.05) is 31.2 Å². The van der Waals surface area contributed by atoms with Gasteiger partial charge in [-0.2, -0.15) is 0 Å². The number of thiazole rings is 1. The first-order chi connectivity index (χ1) is 15.0. The number of nitrogens with zero attached hydrogens (tertiary/aromatic N) is 1. The number of hydrogen-bond acceptors (Lipinski definition) is 6. The van der Waals surface area contributed by atoms with Crippen LogP contribution in [-0.4, -0.2) is 24.2 Å². The maximum absolute atomic E-state index is 11.3. The zero-order valence-corrected chi connectivity index (χ0v) is 19.0. The highest BCUT2D eigenvalue weighted by molar-refractivity contribution is 7.15. The zero-order chi connectivity index (χ0) is 21.8. The molecule has 0 saturated carbocycles. The third-order valence-electron chi connectivity index (χ3n) is 5.36. The van der Waals surface area contributed by atoms with Gasteiger partial charge in [0.15, 0.2) is 0 Å². The van der Waals surface area contributed by atoms with E-state index < -0.39 is 0 Å². The molecule has 0 radical (unpaired) electrons. The largest absolute Gasteiger partial charge is 0.494 e. The predicted octanol–water partition coefficient (Wildman–Crippen LogP) is 5.69. The van der Waals surface area contributed by atoms with E-state index in [1.165, 1.54) is 17.4 Å². The predicted molar refractivity (Wildman–Crippen MR) is 122 cm³/mol. The number of ether oxygens (including phenoxy) is 3. The SMILES string of the molecule is CCOc1ccc(-c2nc(CCOc3ccc4c(c3)CCC4OC(C)=O)c(C)s2)cc1. The Kier molecular flexibility index (Phi) is 6.56. The van der Waals surface area contributed by atoms with Crippen LogP contribution in [0.3, 0.4) is 0 Å².